The Kier molecular flexibility index (Phi) is 5.62. The van der Waals surface area contributed by atoms with Crippen molar-refractivity contribution in [1.82, 2.24) is 0 Å². The average molecular weight is 323 g/mol. The first-order valence-electron chi connectivity index (χ1n) is 7.70. The quantitative estimate of drug-likeness (QED) is 0.830. The molecule has 0 aromatic heterocycles. The maximum Gasteiger partial charge on any atom is 0.414 e. The molecule has 0 atom stereocenters. The number of amides is 1. The minimum atomic E-state index is -0.560. The van der Waals surface area contributed by atoms with Crippen molar-refractivity contribution >= 4 is 11.8 Å². The third-order valence-electron chi connectivity index (χ3n) is 3.22. The smallest absolute Gasteiger partial charge is 0.414 e. The number of rotatable bonds is 5. The molecule has 1 heterocycles. The number of nitrogens with zero attached hydrogens (tertiary/aromatic N) is 1. The second-order valence-electron chi connectivity index (χ2n) is 6.39. The van der Waals surface area contributed by atoms with Crippen LogP contribution in [0.2, 0.25) is 0 Å². The Bertz CT molecular complexity index is 534. The van der Waals surface area contributed by atoms with Gasteiger partial charge in [0, 0.05) is 18.4 Å². The molecule has 1 saturated heterocycles. The fourth-order valence-electron chi connectivity index (χ4n) is 2.18. The van der Waals surface area contributed by atoms with Gasteiger partial charge in [-0.05, 0) is 39.8 Å². The summed E-state index contributed by atoms with van der Waals surface area (Å²) in [6.07, 6.45) is -0.984. The SMILES string of the molecule is COCCN(C(=O)OC(C)(C)C)c1cccc(C2OC(C)O2)c1. The predicted molar refractivity (Wildman–Crippen MR) is 86.3 cm³/mol. The number of methoxy groups -OCH3 is 1. The van der Waals surface area contributed by atoms with Gasteiger partial charge in [0.1, 0.15) is 5.60 Å². The lowest BCUT2D eigenvalue weighted by Crippen LogP contribution is -2.39. The van der Waals surface area contributed by atoms with Gasteiger partial charge >= 0.3 is 6.09 Å². The molecule has 6 heteroatoms. The van der Waals surface area contributed by atoms with E-state index in [1.54, 1.807) is 12.0 Å². The molecule has 23 heavy (non-hydrogen) atoms. The van der Waals surface area contributed by atoms with Crippen molar-refractivity contribution in [3.63, 3.8) is 0 Å². The largest absolute Gasteiger partial charge is 0.443 e. The summed E-state index contributed by atoms with van der Waals surface area (Å²) < 4.78 is 21.6. The Morgan fingerprint density at radius 3 is 2.57 bits per heavy atom. The van der Waals surface area contributed by atoms with Gasteiger partial charge in [-0.15, -0.1) is 0 Å². The number of hydrogen-bond acceptors (Lipinski definition) is 5. The van der Waals surface area contributed by atoms with Gasteiger partial charge in [-0.25, -0.2) is 4.79 Å². The van der Waals surface area contributed by atoms with E-state index in [1.165, 1.54) is 0 Å². The zero-order valence-corrected chi connectivity index (χ0v) is 14.4. The third kappa shape index (κ3) is 4.92. The highest BCUT2D eigenvalue weighted by Crippen LogP contribution is 2.33. The van der Waals surface area contributed by atoms with Gasteiger partial charge in [0.25, 0.3) is 0 Å². The topological polar surface area (TPSA) is 57.2 Å². The van der Waals surface area contributed by atoms with Gasteiger partial charge in [0.15, 0.2) is 12.6 Å². The minimum absolute atomic E-state index is 0.195. The molecule has 1 amide bonds. The zero-order chi connectivity index (χ0) is 17.0. The summed E-state index contributed by atoms with van der Waals surface area (Å²) in [6.45, 7) is 8.17. The highest BCUT2D eigenvalue weighted by molar-refractivity contribution is 5.88. The van der Waals surface area contributed by atoms with E-state index in [2.05, 4.69) is 0 Å². The highest BCUT2D eigenvalue weighted by atomic mass is 16.9. The number of benzene rings is 1. The lowest BCUT2D eigenvalue weighted by Gasteiger charge is -2.34. The van der Waals surface area contributed by atoms with E-state index < -0.39 is 11.7 Å². The monoisotopic (exact) mass is 323 g/mol. The summed E-state index contributed by atoms with van der Waals surface area (Å²) in [4.78, 5) is 14.0. The number of hydrogen-bond donors (Lipinski definition) is 0. The van der Waals surface area contributed by atoms with Crippen molar-refractivity contribution in [3.05, 3.63) is 29.8 Å². The average Bonchev–Trinajstić information content (AvgIpc) is 2.43. The van der Waals surface area contributed by atoms with Crippen molar-refractivity contribution in [2.24, 2.45) is 0 Å². The summed E-state index contributed by atoms with van der Waals surface area (Å²) in [5.41, 5.74) is 1.03. The highest BCUT2D eigenvalue weighted by Gasteiger charge is 2.29. The normalized spacial score (nSPS) is 20.7. The van der Waals surface area contributed by atoms with Crippen LogP contribution < -0.4 is 4.90 Å². The van der Waals surface area contributed by atoms with Crippen LogP contribution in [0, 0.1) is 0 Å². The first-order valence-corrected chi connectivity index (χ1v) is 7.70. The number of ether oxygens (including phenoxy) is 4. The van der Waals surface area contributed by atoms with Crippen molar-refractivity contribution < 1.29 is 23.7 Å². The van der Waals surface area contributed by atoms with E-state index in [9.17, 15) is 4.79 Å². The molecule has 0 spiro atoms. The van der Waals surface area contributed by atoms with Crippen LogP contribution in [-0.2, 0) is 18.9 Å². The lowest BCUT2D eigenvalue weighted by atomic mass is 10.1. The van der Waals surface area contributed by atoms with Crippen molar-refractivity contribution in [2.75, 3.05) is 25.2 Å². The molecule has 0 aliphatic carbocycles. The maximum atomic E-state index is 12.5. The molecule has 1 aliphatic heterocycles. The summed E-state index contributed by atoms with van der Waals surface area (Å²) in [7, 11) is 1.60. The Labute approximate surface area is 137 Å². The summed E-state index contributed by atoms with van der Waals surface area (Å²) in [5.74, 6) is 0. The van der Waals surface area contributed by atoms with E-state index in [0.29, 0.717) is 13.2 Å². The van der Waals surface area contributed by atoms with Crippen LogP contribution in [-0.4, -0.2) is 38.2 Å². The van der Waals surface area contributed by atoms with E-state index in [4.69, 9.17) is 18.9 Å². The minimum Gasteiger partial charge on any atom is -0.443 e. The standard InChI is InChI=1S/C17H25NO5/c1-12-21-15(22-12)13-7-6-8-14(11-13)18(9-10-20-5)16(19)23-17(2,3)4/h6-8,11-12,15H,9-10H2,1-5H3. The van der Waals surface area contributed by atoms with Crippen molar-refractivity contribution in [1.29, 1.82) is 0 Å². The molecule has 0 saturated carbocycles. The summed E-state index contributed by atoms with van der Waals surface area (Å²) in [5, 5.41) is 0. The van der Waals surface area contributed by atoms with Gasteiger partial charge in [-0.2, -0.15) is 0 Å². The molecule has 1 fully saturated rings. The predicted octanol–water partition coefficient (Wildman–Crippen LogP) is 3.47. The fourth-order valence-corrected chi connectivity index (χ4v) is 2.18. The van der Waals surface area contributed by atoms with Gasteiger partial charge < -0.3 is 18.9 Å². The number of anilines is 1. The second kappa shape index (κ2) is 7.29. The van der Waals surface area contributed by atoms with Crippen LogP contribution >= 0.6 is 0 Å². The van der Waals surface area contributed by atoms with Crippen LogP contribution in [0.25, 0.3) is 0 Å². The fraction of sp³-hybridized carbons (Fsp3) is 0.588. The molecular formula is C17H25NO5. The lowest BCUT2D eigenvalue weighted by molar-refractivity contribution is -0.382. The Morgan fingerprint density at radius 1 is 1.30 bits per heavy atom. The van der Waals surface area contributed by atoms with Crippen LogP contribution in [0.1, 0.15) is 39.5 Å². The third-order valence-corrected chi connectivity index (χ3v) is 3.22. The number of carbonyl (C=O) groups is 1. The van der Waals surface area contributed by atoms with Crippen molar-refractivity contribution in [3.8, 4) is 0 Å². The summed E-state index contributed by atoms with van der Waals surface area (Å²) in [6, 6.07) is 7.50. The van der Waals surface area contributed by atoms with Crippen LogP contribution in [0.5, 0.6) is 0 Å². The molecular weight excluding hydrogens is 298 g/mol. The van der Waals surface area contributed by atoms with Gasteiger partial charge in [-0.1, -0.05) is 12.1 Å². The first-order chi connectivity index (χ1) is 10.8. The second-order valence-corrected chi connectivity index (χ2v) is 6.39. The first kappa shape index (κ1) is 17.7. The van der Waals surface area contributed by atoms with Crippen LogP contribution in [0.15, 0.2) is 24.3 Å². The molecule has 0 N–H and O–H groups in total. The van der Waals surface area contributed by atoms with Gasteiger partial charge in [-0.3, -0.25) is 4.90 Å². The molecule has 0 unspecified atom stereocenters. The Hall–Kier alpha value is -1.63. The maximum absolute atomic E-state index is 12.5. The van der Waals surface area contributed by atoms with Gasteiger partial charge in [0.2, 0.25) is 0 Å². The number of carbonyl (C=O) groups excluding carboxylic acids is 1. The van der Waals surface area contributed by atoms with E-state index in [0.717, 1.165) is 11.3 Å². The molecule has 1 aromatic rings. The Balaban J connectivity index is 2.17. The molecule has 2 rings (SSSR count). The molecule has 6 nitrogen and oxygen atoms in total. The Morgan fingerprint density at radius 2 is 2.00 bits per heavy atom. The molecule has 0 radical (unpaired) electrons. The van der Waals surface area contributed by atoms with E-state index >= 15 is 0 Å². The van der Waals surface area contributed by atoms with Gasteiger partial charge in [0.05, 0.1) is 13.2 Å². The molecule has 128 valence electrons. The van der Waals surface area contributed by atoms with E-state index in [1.807, 2.05) is 52.0 Å². The summed E-state index contributed by atoms with van der Waals surface area (Å²) >= 11 is 0. The van der Waals surface area contributed by atoms with Crippen LogP contribution in [0.4, 0.5) is 10.5 Å². The van der Waals surface area contributed by atoms with E-state index in [-0.39, 0.29) is 12.6 Å². The molecule has 1 aromatic carbocycles. The van der Waals surface area contributed by atoms with Crippen LogP contribution in [0.3, 0.4) is 0 Å². The van der Waals surface area contributed by atoms with Crippen molar-refractivity contribution in [2.45, 2.75) is 45.9 Å². The molecule has 0 bridgehead atoms. The molecule has 1 aliphatic rings. The zero-order valence-electron chi connectivity index (χ0n) is 14.4.